The van der Waals surface area contributed by atoms with Crippen LogP contribution in [0.15, 0.2) is 54.6 Å². The fraction of sp³-hybridized carbons (Fsp3) is 0.211. The number of urea groups is 1. The summed E-state index contributed by atoms with van der Waals surface area (Å²) in [6.45, 7) is 1.31. The van der Waals surface area contributed by atoms with Crippen molar-refractivity contribution in [1.29, 1.82) is 0 Å². The fourth-order valence-corrected chi connectivity index (χ4v) is 3.06. The van der Waals surface area contributed by atoms with Gasteiger partial charge in [-0.15, -0.1) is 5.10 Å². The predicted octanol–water partition coefficient (Wildman–Crippen LogP) is 2.99. The van der Waals surface area contributed by atoms with Gasteiger partial charge >= 0.3 is 6.03 Å². The molecule has 6 nitrogen and oxygen atoms in total. The van der Waals surface area contributed by atoms with Gasteiger partial charge in [-0.05, 0) is 23.1 Å². The van der Waals surface area contributed by atoms with E-state index in [0.717, 1.165) is 17.8 Å². The number of hydrogen-bond acceptors (Lipinski definition) is 3. The maximum absolute atomic E-state index is 12.5. The minimum Gasteiger partial charge on any atom is -0.320 e. The minimum atomic E-state index is -0.167. The summed E-state index contributed by atoms with van der Waals surface area (Å²) in [5.74, 6) is 1.04. The lowest BCUT2D eigenvalue weighted by Gasteiger charge is -2.28. The highest BCUT2D eigenvalue weighted by Crippen LogP contribution is 2.19. The normalized spacial score (nSPS) is 13.4. The van der Waals surface area contributed by atoms with Crippen molar-refractivity contribution in [3.63, 3.8) is 0 Å². The van der Waals surface area contributed by atoms with Crippen molar-refractivity contribution in [2.45, 2.75) is 19.4 Å². The number of nitrogens with zero attached hydrogens (tertiary/aromatic N) is 3. The van der Waals surface area contributed by atoms with Gasteiger partial charge < -0.3 is 4.90 Å². The number of carbonyl (C=O) groups is 1. The van der Waals surface area contributed by atoms with Gasteiger partial charge in [0.05, 0.1) is 0 Å². The van der Waals surface area contributed by atoms with E-state index in [1.165, 1.54) is 11.1 Å². The zero-order valence-electron chi connectivity index (χ0n) is 13.8. The lowest BCUT2D eigenvalue weighted by Crippen LogP contribution is -2.39. The maximum Gasteiger partial charge on any atom is 0.324 e. The van der Waals surface area contributed by atoms with Crippen LogP contribution < -0.4 is 5.32 Å². The van der Waals surface area contributed by atoms with Crippen LogP contribution in [0.25, 0.3) is 0 Å². The summed E-state index contributed by atoms with van der Waals surface area (Å²) in [5.41, 5.74) is 3.66. The van der Waals surface area contributed by atoms with Crippen LogP contribution in [0.4, 0.5) is 10.7 Å². The molecule has 0 unspecified atom stereocenters. The van der Waals surface area contributed by atoms with Gasteiger partial charge in [0, 0.05) is 19.5 Å². The van der Waals surface area contributed by atoms with Gasteiger partial charge in [-0.2, -0.15) is 4.98 Å². The minimum absolute atomic E-state index is 0.167. The molecule has 1 aliphatic heterocycles. The number of anilines is 1. The lowest BCUT2D eigenvalue weighted by atomic mass is 10.0. The van der Waals surface area contributed by atoms with Crippen molar-refractivity contribution in [2.24, 2.45) is 0 Å². The Morgan fingerprint density at radius 3 is 2.68 bits per heavy atom. The molecule has 0 bridgehead atoms. The standard InChI is InChI=1S/C19H19N5O/c25-19(24-11-10-15-8-4-5-9-16(15)13-24)21-18-20-17(22-23-18)12-14-6-2-1-3-7-14/h1-9H,10-13H2,(H2,20,21,22,23,25). The molecule has 6 heteroatoms. The third-order valence-electron chi connectivity index (χ3n) is 4.38. The van der Waals surface area contributed by atoms with Crippen molar-refractivity contribution in [1.82, 2.24) is 20.1 Å². The van der Waals surface area contributed by atoms with Crippen LogP contribution in [0.2, 0.25) is 0 Å². The van der Waals surface area contributed by atoms with Gasteiger partial charge in [0.15, 0.2) is 0 Å². The summed E-state index contributed by atoms with van der Waals surface area (Å²) in [6.07, 6.45) is 1.53. The van der Waals surface area contributed by atoms with E-state index in [1.807, 2.05) is 42.5 Å². The number of aromatic amines is 1. The van der Waals surface area contributed by atoms with Gasteiger partial charge in [0.25, 0.3) is 0 Å². The van der Waals surface area contributed by atoms with Crippen molar-refractivity contribution >= 4 is 12.0 Å². The van der Waals surface area contributed by atoms with Gasteiger partial charge in [-0.1, -0.05) is 54.6 Å². The number of amides is 2. The molecule has 2 aromatic carbocycles. The Hall–Kier alpha value is -3.15. The first-order valence-electron chi connectivity index (χ1n) is 8.36. The Balaban J connectivity index is 1.39. The van der Waals surface area contributed by atoms with Crippen LogP contribution in [-0.2, 0) is 19.4 Å². The summed E-state index contributed by atoms with van der Waals surface area (Å²) in [6, 6.07) is 18.1. The number of rotatable bonds is 3. The molecule has 0 radical (unpaired) electrons. The smallest absolute Gasteiger partial charge is 0.320 e. The number of H-pyrrole nitrogens is 1. The summed E-state index contributed by atoms with van der Waals surface area (Å²) in [7, 11) is 0. The fourth-order valence-electron chi connectivity index (χ4n) is 3.06. The highest BCUT2D eigenvalue weighted by Gasteiger charge is 2.21. The average Bonchev–Trinajstić information content (AvgIpc) is 3.09. The first-order chi connectivity index (χ1) is 12.3. The van der Waals surface area contributed by atoms with Crippen molar-refractivity contribution < 1.29 is 4.79 Å². The zero-order valence-corrected chi connectivity index (χ0v) is 13.8. The van der Waals surface area contributed by atoms with Gasteiger partial charge in [-0.3, -0.25) is 10.4 Å². The van der Waals surface area contributed by atoms with E-state index < -0.39 is 0 Å². The Labute approximate surface area is 145 Å². The van der Waals surface area contributed by atoms with E-state index in [-0.39, 0.29) is 6.03 Å². The third-order valence-corrected chi connectivity index (χ3v) is 4.38. The van der Waals surface area contributed by atoms with Crippen LogP contribution >= 0.6 is 0 Å². The number of benzene rings is 2. The Bertz CT molecular complexity index is 874. The number of hydrogen-bond donors (Lipinski definition) is 2. The Kier molecular flexibility index (Phi) is 4.16. The quantitative estimate of drug-likeness (QED) is 0.774. The molecule has 2 amide bonds. The van der Waals surface area contributed by atoms with Gasteiger partial charge in [0.1, 0.15) is 5.82 Å². The summed E-state index contributed by atoms with van der Waals surface area (Å²) >= 11 is 0. The number of carbonyl (C=O) groups excluding carboxylic acids is 1. The third kappa shape index (κ3) is 3.52. The molecule has 25 heavy (non-hydrogen) atoms. The molecule has 0 atom stereocenters. The van der Waals surface area contributed by atoms with Crippen LogP contribution in [-0.4, -0.2) is 32.7 Å². The molecule has 1 aliphatic rings. The highest BCUT2D eigenvalue weighted by atomic mass is 16.2. The van der Waals surface area contributed by atoms with Crippen molar-refractivity contribution in [3.8, 4) is 0 Å². The lowest BCUT2D eigenvalue weighted by molar-refractivity contribution is 0.206. The van der Waals surface area contributed by atoms with Gasteiger partial charge in [-0.25, -0.2) is 4.79 Å². The van der Waals surface area contributed by atoms with Crippen molar-refractivity contribution in [3.05, 3.63) is 77.1 Å². The SMILES string of the molecule is O=C(Nc1n[nH]c(Cc2ccccc2)n1)N1CCc2ccccc2C1. The van der Waals surface area contributed by atoms with E-state index in [2.05, 4.69) is 32.6 Å². The van der Waals surface area contributed by atoms with E-state index >= 15 is 0 Å². The Morgan fingerprint density at radius 1 is 1.08 bits per heavy atom. The second-order valence-electron chi connectivity index (χ2n) is 6.14. The molecule has 2 N–H and O–H groups in total. The molecule has 0 spiro atoms. The molecule has 0 saturated heterocycles. The van der Waals surface area contributed by atoms with Gasteiger partial charge in [0.2, 0.25) is 5.95 Å². The second kappa shape index (κ2) is 6.76. The number of nitrogens with one attached hydrogen (secondary N) is 2. The first-order valence-corrected chi connectivity index (χ1v) is 8.36. The molecular weight excluding hydrogens is 314 g/mol. The largest absolute Gasteiger partial charge is 0.324 e. The molecule has 2 heterocycles. The van der Waals surface area contributed by atoms with E-state index in [4.69, 9.17) is 0 Å². The second-order valence-corrected chi connectivity index (χ2v) is 6.14. The van der Waals surface area contributed by atoms with E-state index in [9.17, 15) is 4.79 Å². The molecular formula is C19H19N5O. The van der Waals surface area contributed by atoms with Crippen LogP contribution in [0, 0.1) is 0 Å². The predicted molar refractivity (Wildman–Crippen MR) is 95.2 cm³/mol. The Morgan fingerprint density at radius 2 is 1.84 bits per heavy atom. The summed E-state index contributed by atoms with van der Waals surface area (Å²) in [4.78, 5) is 18.6. The molecule has 0 fully saturated rings. The van der Waals surface area contributed by atoms with E-state index in [0.29, 0.717) is 25.5 Å². The molecule has 0 aliphatic carbocycles. The molecule has 3 aromatic rings. The monoisotopic (exact) mass is 333 g/mol. The van der Waals surface area contributed by atoms with Crippen LogP contribution in [0.1, 0.15) is 22.5 Å². The zero-order chi connectivity index (χ0) is 17.1. The molecule has 4 rings (SSSR count). The molecule has 1 aromatic heterocycles. The maximum atomic E-state index is 12.5. The highest BCUT2D eigenvalue weighted by molar-refractivity contribution is 5.87. The van der Waals surface area contributed by atoms with Crippen molar-refractivity contribution in [2.75, 3.05) is 11.9 Å². The number of fused-ring (bicyclic) bond motifs is 1. The average molecular weight is 333 g/mol. The topological polar surface area (TPSA) is 73.9 Å². The van der Waals surface area contributed by atoms with Crippen LogP contribution in [0.5, 0.6) is 0 Å². The number of aromatic nitrogens is 3. The summed E-state index contributed by atoms with van der Waals surface area (Å²) in [5, 5.41) is 9.76. The van der Waals surface area contributed by atoms with E-state index in [1.54, 1.807) is 4.90 Å². The molecule has 126 valence electrons. The first kappa shape index (κ1) is 15.4. The van der Waals surface area contributed by atoms with Crippen LogP contribution in [0.3, 0.4) is 0 Å². The summed E-state index contributed by atoms with van der Waals surface area (Å²) < 4.78 is 0. The molecule has 0 saturated carbocycles.